The van der Waals surface area contributed by atoms with Crippen molar-refractivity contribution in [1.29, 1.82) is 0 Å². The molecule has 0 amide bonds. The Kier molecular flexibility index (Phi) is 5.09. The molecule has 0 aliphatic carbocycles. The number of nitrogens with zero attached hydrogens (tertiary/aromatic N) is 3. The predicted molar refractivity (Wildman–Crippen MR) is 72.4 cm³/mol. The summed E-state index contributed by atoms with van der Waals surface area (Å²) in [6, 6.07) is 3.99. The normalized spacial score (nSPS) is 13.0. The molecule has 5 nitrogen and oxygen atoms in total. The van der Waals surface area contributed by atoms with Crippen molar-refractivity contribution in [2.45, 2.75) is 26.8 Å². The summed E-state index contributed by atoms with van der Waals surface area (Å²) < 4.78 is 0. The number of aromatic nitrogens is 1. The SMILES string of the molecule is CN(CCC(C)(C)C(N)=NO)Cc1cccnc1. The third kappa shape index (κ3) is 4.33. The van der Waals surface area contributed by atoms with E-state index in [9.17, 15) is 0 Å². The predicted octanol–water partition coefficient (Wildman–Crippen LogP) is 1.68. The lowest BCUT2D eigenvalue weighted by Gasteiger charge is -2.26. The molecule has 18 heavy (non-hydrogen) atoms. The van der Waals surface area contributed by atoms with Gasteiger partial charge < -0.3 is 15.8 Å². The van der Waals surface area contributed by atoms with Gasteiger partial charge >= 0.3 is 0 Å². The van der Waals surface area contributed by atoms with Crippen molar-refractivity contribution in [2.75, 3.05) is 13.6 Å². The highest BCUT2D eigenvalue weighted by atomic mass is 16.4. The van der Waals surface area contributed by atoms with Gasteiger partial charge in [0.15, 0.2) is 0 Å². The maximum atomic E-state index is 8.71. The van der Waals surface area contributed by atoms with Crippen LogP contribution in [0.5, 0.6) is 0 Å². The average molecular weight is 250 g/mol. The number of pyridine rings is 1. The molecule has 0 bridgehead atoms. The first-order valence-electron chi connectivity index (χ1n) is 6.01. The van der Waals surface area contributed by atoms with Crippen molar-refractivity contribution in [2.24, 2.45) is 16.3 Å². The van der Waals surface area contributed by atoms with E-state index in [1.807, 2.05) is 26.1 Å². The van der Waals surface area contributed by atoms with Crippen molar-refractivity contribution in [1.82, 2.24) is 9.88 Å². The van der Waals surface area contributed by atoms with Gasteiger partial charge in [-0.05, 0) is 31.6 Å². The number of nitrogens with two attached hydrogens (primary N) is 1. The molecule has 0 aliphatic rings. The Labute approximate surface area is 108 Å². The van der Waals surface area contributed by atoms with E-state index < -0.39 is 0 Å². The summed E-state index contributed by atoms with van der Waals surface area (Å²) in [5.41, 5.74) is 6.55. The maximum absolute atomic E-state index is 8.71. The summed E-state index contributed by atoms with van der Waals surface area (Å²) in [7, 11) is 2.05. The molecular weight excluding hydrogens is 228 g/mol. The third-order valence-electron chi connectivity index (χ3n) is 3.09. The topological polar surface area (TPSA) is 74.7 Å². The van der Waals surface area contributed by atoms with Crippen LogP contribution in [0.3, 0.4) is 0 Å². The van der Waals surface area contributed by atoms with Gasteiger partial charge in [0.1, 0.15) is 5.84 Å². The average Bonchev–Trinajstić information content (AvgIpc) is 2.36. The molecule has 0 saturated heterocycles. The highest BCUT2D eigenvalue weighted by molar-refractivity contribution is 5.85. The molecular formula is C13H22N4O. The van der Waals surface area contributed by atoms with Crippen molar-refractivity contribution < 1.29 is 5.21 Å². The molecule has 0 fully saturated rings. The molecule has 0 aliphatic heterocycles. The van der Waals surface area contributed by atoms with Gasteiger partial charge in [0.05, 0.1) is 0 Å². The Bertz CT molecular complexity index is 389. The van der Waals surface area contributed by atoms with Gasteiger partial charge in [-0.25, -0.2) is 0 Å². The highest BCUT2D eigenvalue weighted by Crippen LogP contribution is 2.20. The molecule has 0 atom stereocenters. The van der Waals surface area contributed by atoms with Gasteiger partial charge in [-0.15, -0.1) is 0 Å². The van der Waals surface area contributed by atoms with Crippen LogP contribution in [-0.2, 0) is 6.54 Å². The first-order valence-corrected chi connectivity index (χ1v) is 6.01. The van der Waals surface area contributed by atoms with Crippen molar-refractivity contribution >= 4 is 5.84 Å². The summed E-state index contributed by atoms with van der Waals surface area (Å²) in [6.07, 6.45) is 4.47. The Hall–Kier alpha value is -1.62. The maximum Gasteiger partial charge on any atom is 0.144 e. The van der Waals surface area contributed by atoms with E-state index in [0.717, 1.165) is 19.5 Å². The molecule has 1 aromatic rings. The molecule has 0 aromatic carbocycles. The fourth-order valence-electron chi connectivity index (χ4n) is 1.62. The lowest BCUT2D eigenvalue weighted by Crippen LogP contribution is -2.35. The van der Waals surface area contributed by atoms with Gasteiger partial charge in [-0.3, -0.25) is 4.98 Å². The van der Waals surface area contributed by atoms with Crippen molar-refractivity contribution in [3.8, 4) is 0 Å². The highest BCUT2D eigenvalue weighted by Gasteiger charge is 2.23. The van der Waals surface area contributed by atoms with E-state index in [1.54, 1.807) is 6.20 Å². The molecule has 0 unspecified atom stereocenters. The fraction of sp³-hybridized carbons (Fsp3) is 0.538. The summed E-state index contributed by atoms with van der Waals surface area (Å²) in [4.78, 5) is 6.29. The van der Waals surface area contributed by atoms with E-state index in [0.29, 0.717) is 0 Å². The van der Waals surface area contributed by atoms with Crippen LogP contribution >= 0.6 is 0 Å². The summed E-state index contributed by atoms with van der Waals surface area (Å²) in [6.45, 7) is 5.66. The standard InChI is InChI=1S/C13H22N4O/c1-13(2,12(14)16-18)6-8-17(3)10-11-5-4-7-15-9-11/h4-5,7,9,18H,6,8,10H2,1-3H3,(H2,14,16). The van der Waals surface area contributed by atoms with Gasteiger partial charge in [0.2, 0.25) is 0 Å². The van der Waals surface area contributed by atoms with Crippen LogP contribution in [0.1, 0.15) is 25.8 Å². The van der Waals surface area contributed by atoms with Gasteiger partial charge in [0, 0.05) is 24.4 Å². The molecule has 1 heterocycles. The van der Waals surface area contributed by atoms with Crippen LogP contribution in [0.25, 0.3) is 0 Å². The number of hydrogen-bond donors (Lipinski definition) is 2. The minimum atomic E-state index is -0.294. The summed E-state index contributed by atoms with van der Waals surface area (Å²) >= 11 is 0. The Balaban J connectivity index is 2.44. The molecule has 3 N–H and O–H groups in total. The van der Waals surface area contributed by atoms with E-state index in [1.165, 1.54) is 5.56 Å². The largest absolute Gasteiger partial charge is 0.409 e. The van der Waals surface area contributed by atoms with Crippen molar-refractivity contribution in [3.63, 3.8) is 0 Å². The molecule has 0 saturated carbocycles. The number of amidine groups is 1. The van der Waals surface area contributed by atoms with Crippen LogP contribution in [0, 0.1) is 5.41 Å². The quantitative estimate of drug-likeness (QED) is 0.348. The first kappa shape index (κ1) is 14.4. The van der Waals surface area contributed by atoms with Crippen LogP contribution in [0.4, 0.5) is 0 Å². The Morgan fingerprint density at radius 2 is 2.28 bits per heavy atom. The molecule has 0 spiro atoms. The van der Waals surface area contributed by atoms with E-state index in [4.69, 9.17) is 10.9 Å². The van der Waals surface area contributed by atoms with Crippen LogP contribution < -0.4 is 5.73 Å². The zero-order valence-corrected chi connectivity index (χ0v) is 11.3. The monoisotopic (exact) mass is 250 g/mol. The zero-order chi connectivity index (χ0) is 13.6. The molecule has 100 valence electrons. The second-order valence-electron chi connectivity index (χ2n) is 5.22. The van der Waals surface area contributed by atoms with Gasteiger partial charge in [0.25, 0.3) is 0 Å². The molecule has 5 heteroatoms. The van der Waals surface area contributed by atoms with Crippen LogP contribution in [0.2, 0.25) is 0 Å². The van der Waals surface area contributed by atoms with E-state index in [-0.39, 0.29) is 11.3 Å². The fourth-order valence-corrected chi connectivity index (χ4v) is 1.62. The zero-order valence-electron chi connectivity index (χ0n) is 11.3. The number of hydrogen-bond acceptors (Lipinski definition) is 4. The van der Waals surface area contributed by atoms with Crippen LogP contribution in [-0.4, -0.2) is 34.5 Å². The number of oxime groups is 1. The first-order chi connectivity index (χ1) is 8.45. The Morgan fingerprint density at radius 1 is 1.56 bits per heavy atom. The second kappa shape index (κ2) is 6.35. The Morgan fingerprint density at radius 3 is 2.83 bits per heavy atom. The lowest BCUT2D eigenvalue weighted by molar-refractivity contribution is 0.272. The number of rotatable bonds is 6. The molecule has 1 aromatic heterocycles. The minimum Gasteiger partial charge on any atom is -0.409 e. The van der Waals surface area contributed by atoms with Crippen LogP contribution in [0.15, 0.2) is 29.7 Å². The molecule has 0 radical (unpaired) electrons. The summed E-state index contributed by atoms with van der Waals surface area (Å²) in [5.74, 6) is 0.275. The lowest BCUT2D eigenvalue weighted by atomic mass is 9.88. The second-order valence-corrected chi connectivity index (χ2v) is 5.22. The smallest absolute Gasteiger partial charge is 0.144 e. The summed E-state index contributed by atoms with van der Waals surface area (Å²) in [5, 5.41) is 11.8. The van der Waals surface area contributed by atoms with E-state index in [2.05, 4.69) is 28.2 Å². The third-order valence-corrected chi connectivity index (χ3v) is 3.09. The molecule has 1 rings (SSSR count). The van der Waals surface area contributed by atoms with Gasteiger partial charge in [-0.1, -0.05) is 25.1 Å². The van der Waals surface area contributed by atoms with Gasteiger partial charge in [-0.2, -0.15) is 0 Å². The van der Waals surface area contributed by atoms with E-state index >= 15 is 0 Å². The minimum absolute atomic E-state index is 0.275. The van der Waals surface area contributed by atoms with Crippen molar-refractivity contribution in [3.05, 3.63) is 30.1 Å².